The highest BCUT2D eigenvalue weighted by atomic mass is 19.2. The largest absolute Gasteiger partial charge is 0.383 e. The molecule has 0 radical (unpaired) electrons. The molecule has 0 atom stereocenters. The lowest BCUT2D eigenvalue weighted by molar-refractivity contribution is -0.122. The van der Waals surface area contributed by atoms with Gasteiger partial charge < -0.3 is 10.1 Å². The van der Waals surface area contributed by atoms with E-state index in [4.69, 9.17) is 4.74 Å². The summed E-state index contributed by atoms with van der Waals surface area (Å²) in [6, 6.07) is 1.39. The van der Waals surface area contributed by atoms with Gasteiger partial charge in [-0.25, -0.2) is 8.78 Å². The summed E-state index contributed by atoms with van der Waals surface area (Å²) in [4.78, 5) is 35.9. The Labute approximate surface area is 118 Å². The van der Waals surface area contributed by atoms with E-state index < -0.39 is 35.8 Å². The summed E-state index contributed by atoms with van der Waals surface area (Å²) >= 11 is 0. The topological polar surface area (TPSA) is 75.7 Å². The van der Waals surface area contributed by atoms with E-state index in [9.17, 15) is 23.2 Å². The zero-order valence-corrected chi connectivity index (χ0v) is 11.1. The molecule has 1 aliphatic rings. The number of fused-ring (bicyclic) bond motifs is 1. The van der Waals surface area contributed by atoms with Crippen molar-refractivity contribution >= 4 is 23.3 Å². The zero-order chi connectivity index (χ0) is 15.6. The number of rotatable bonds is 5. The quantitative estimate of drug-likeness (QED) is 0.625. The van der Waals surface area contributed by atoms with Crippen molar-refractivity contribution in [1.82, 2.24) is 5.32 Å². The molecule has 0 saturated carbocycles. The first-order valence-corrected chi connectivity index (χ1v) is 6.06. The third-order valence-corrected chi connectivity index (χ3v) is 2.94. The molecule has 0 unspecified atom stereocenters. The Morgan fingerprint density at radius 3 is 2.62 bits per heavy atom. The van der Waals surface area contributed by atoms with Crippen LogP contribution in [-0.4, -0.2) is 44.4 Å². The van der Waals surface area contributed by atoms with E-state index in [0.717, 1.165) is 11.0 Å². The van der Waals surface area contributed by atoms with Crippen LogP contribution in [0.3, 0.4) is 0 Å². The molecule has 6 nitrogen and oxygen atoms in total. The van der Waals surface area contributed by atoms with Crippen LogP contribution in [0.4, 0.5) is 14.5 Å². The minimum atomic E-state index is -1.22. The number of ether oxygens (including phenoxy) is 1. The monoisotopic (exact) mass is 298 g/mol. The Kier molecular flexibility index (Phi) is 4.27. The van der Waals surface area contributed by atoms with Gasteiger partial charge >= 0.3 is 0 Å². The molecule has 2 amide bonds. The minimum Gasteiger partial charge on any atom is -0.383 e. The normalized spacial score (nSPS) is 13.6. The summed E-state index contributed by atoms with van der Waals surface area (Å²) in [5, 5.41) is 2.47. The number of Topliss-reactive ketones (excluding diaryl/α,β-unsaturated/α-hetero) is 1. The first kappa shape index (κ1) is 15.0. The van der Waals surface area contributed by atoms with Crippen LogP contribution in [0.25, 0.3) is 0 Å². The number of hydrogen-bond donors (Lipinski definition) is 1. The number of ketones is 1. The lowest BCUT2D eigenvalue weighted by atomic mass is 10.1. The van der Waals surface area contributed by atoms with E-state index in [1.807, 2.05) is 0 Å². The van der Waals surface area contributed by atoms with Gasteiger partial charge in [0.05, 0.1) is 17.9 Å². The summed E-state index contributed by atoms with van der Waals surface area (Å²) in [6.07, 6.45) is 0. The maximum atomic E-state index is 13.2. The van der Waals surface area contributed by atoms with E-state index in [1.165, 1.54) is 7.11 Å². The highest BCUT2D eigenvalue weighted by molar-refractivity contribution is 6.52. The van der Waals surface area contributed by atoms with Crippen molar-refractivity contribution in [2.45, 2.75) is 0 Å². The predicted octanol–water partition coefficient (Wildman–Crippen LogP) is 0.257. The molecule has 0 saturated heterocycles. The Hall–Kier alpha value is -2.35. The van der Waals surface area contributed by atoms with Crippen LogP contribution < -0.4 is 10.2 Å². The number of halogens is 2. The number of nitrogens with one attached hydrogen (secondary N) is 1. The lowest BCUT2D eigenvalue weighted by Crippen LogP contribution is -2.41. The molecule has 21 heavy (non-hydrogen) atoms. The second kappa shape index (κ2) is 5.96. The van der Waals surface area contributed by atoms with E-state index in [-0.39, 0.29) is 24.4 Å². The molecular weight excluding hydrogens is 286 g/mol. The predicted molar refractivity (Wildman–Crippen MR) is 67.9 cm³/mol. The van der Waals surface area contributed by atoms with Gasteiger partial charge in [0.1, 0.15) is 6.54 Å². The van der Waals surface area contributed by atoms with Crippen LogP contribution in [-0.2, 0) is 14.3 Å². The number of benzene rings is 1. The molecule has 1 aromatic rings. The smallest absolute Gasteiger partial charge is 0.299 e. The first-order valence-electron chi connectivity index (χ1n) is 6.06. The summed E-state index contributed by atoms with van der Waals surface area (Å²) in [7, 11) is 1.46. The van der Waals surface area contributed by atoms with Crippen molar-refractivity contribution in [3.05, 3.63) is 29.3 Å². The number of anilines is 1. The molecule has 1 aromatic carbocycles. The van der Waals surface area contributed by atoms with Crippen molar-refractivity contribution in [3.63, 3.8) is 0 Å². The highest BCUT2D eigenvalue weighted by Gasteiger charge is 2.37. The van der Waals surface area contributed by atoms with Crippen molar-refractivity contribution in [1.29, 1.82) is 0 Å². The van der Waals surface area contributed by atoms with E-state index in [0.29, 0.717) is 6.07 Å². The maximum Gasteiger partial charge on any atom is 0.299 e. The molecule has 0 fully saturated rings. The van der Waals surface area contributed by atoms with Gasteiger partial charge in [0, 0.05) is 19.7 Å². The van der Waals surface area contributed by atoms with Crippen LogP contribution >= 0.6 is 0 Å². The van der Waals surface area contributed by atoms with E-state index in [2.05, 4.69) is 5.32 Å². The second-order valence-electron chi connectivity index (χ2n) is 4.35. The van der Waals surface area contributed by atoms with Gasteiger partial charge in [-0.2, -0.15) is 0 Å². The van der Waals surface area contributed by atoms with Crippen molar-refractivity contribution in [2.24, 2.45) is 0 Å². The van der Waals surface area contributed by atoms with Gasteiger partial charge in [0.25, 0.3) is 11.7 Å². The van der Waals surface area contributed by atoms with Gasteiger partial charge in [-0.05, 0) is 6.07 Å². The van der Waals surface area contributed by atoms with Crippen LogP contribution in [0.1, 0.15) is 10.4 Å². The fraction of sp³-hybridized carbons (Fsp3) is 0.308. The van der Waals surface area contributed by atoms with Gasteiger partial charge in [0.15, 0.2) is 11.6 Å². The molecule has 0 spiro atoms. The van der Waals surface area contributed by atoms with Crippen molar-refractivity contribution in [3.8, 4) is 0 Å². The summed E-state index contributed by atoms with van der Waals surface area (Å²) in [5.74, 6) is -4.90. The average molecular weight is 298 g/mol. The third-order valence-electron chi connectivity index (χ3n) is 2.94. The Morgan fingerprint density at radius 2 is 1.95 bits per heavy atom. The summed E-state index contributed by atoms with van der Waals surface area (Å²) in [5.41, 5.74) is -0.352. The molecule has 2 rings (SSSR count). The van der Waals surface area contributed by atoms with Gasteiger partial charge in [-0.15, -0.1) is 0 Å². The standard InChI is InChI=1S/C13H12F2N2O4/c1-21-3-2-16-11(18)6-17-10-5-9(15)8(14)4-7(10)12(19)13(17)20/h4-5H,2-3,6H2,1H3,(H,16,18). The number of nitrogens with zero attached hydrogens (tertiary/aromatic N) is 1. The summed E-state index contributed by atoms with van der Waals surface area (Å²) in [6.45, 7) is 0.0668. The minimum absolute atomic E-state index is 0.106. The fourth-order valence-electron chi connectivity index (χ4n) is 1.94. The number of amides is 2. The SMILES string of the molecule is COCCNC(=O)CN1C(=O)C(=O)c2cc(F)c(F)cc21. The molecule has 0 bridgehead atoms. The molecule has 0 aliphatic carbocycles. The Bertz CT molecular complexity index is 618. The first-order chi connectivity index (χ1) is 9.95. The molecule has 1 N–H and O–H groups in total. The number of hydrogen-bond acceptors (Lipinski definition) is 4. The van der Waals surface area contributed by atoms with Crippen molar-refractivity contribution < 1.29 is 27.9 Å². The highest BCUT2D eigenvalue weighted by Crippen LogP contribution is 2.30. The molecule has 112 valence electrons. The van der Waals surface area contributed by atoms with Crippen LogP contribution in [0.2, 0.25) is 0 Å². The molecule has 8 heteroatoms. The van der Waals surface area contributed by atoms with E-state index >= 15 is 0 Å². The maximum absolute atomic E-state index is 13.2. The average Bonchev–Trinajstić information content (AvgIpc) is 2.65. The second-order valence-corrected chi connectivity index (χ2v) is 4.35. The molecule has 1 aliphatic heterocycles. The van der Waals surface area contributed by atoms with Gasteiger partial charge in [0.2, 0.25) is 5.91 Å². The van der Waals surface area contributed by atoms with Gasteiger partial charge in [-0.1, -0.05) is 0 Å². The third kappa shape index (κ3) is 2.89. The Morgan fingerprint density at radius 1 is 1.29 bits per heavy atom. The fourth-order valence-corrected chi connectivity index (χ4v) is 1.94. The number of carbonyl (C=O) groups excluding carboxylic acids is 3. The zero-order valence-electron chi connectivity index (χ0n) is 11.1. The Balaban J connectivity index is 2.19. The summed E-state index contributed by atoms with van der Waals surface area (Å²) < 4.78 is 31.1. The lowest BCUT2D eigenvalue weighted by Gasteiger charge is -2.16. The molecular formula is C13H12F2N2O4. The van der Waals surface area contributed by atoms with Crippen LogP contribution in [0, 0.1) is 11.6 Å². The number of methoxy groups -OCH3 is 1. The van der Waals surface area contributed by atoms with Crippen LogP contribution in [0.5, 0.6) is 0 Å². The molecule has 1 heterocycles. The van der Waals surface area contributed by atoms with Gasteiger partial charge in [-0.3, -0.25) is 19.3 Å². The molecule has 0 aromatic heterocycles. The van der Waals surface area contributed by atoms with Crippen molar-refractivity contribution in [2.75, 3.05) is 31.7 Å². The van der Waals surface area contributed by atoms with E-state index in [1.54, 1.807) is 0 Å². The van der Waals surface area contributed by atoms with Crippen LogP contribution in [0.15, 0.2) is 12.1 Å². The number of carbonyl (C=O) groups is 3.